The van der Waals surface area contributed by atoms with E-state index < -0.39 is 40.5 Å². The van der Waals surface area contributed by atoms with Gasteiger partial charge in [-0.3, -0.25) is 5.10 Å². The number of carbonyl (C=O) groups is 1. The summed E-state index contributed by atoms with van der Waals surface area (Å²) in [7, 11) is 0. The van der Waals surface area contributed by atoms with E-state index >= 15 is 8.78 Å². The van der Waals surface area contributed by atoms with Gasteiger partial charge in [0.15, 0.2) is 17.2 Å². The number of rotatable bonds is 2. The summed E-state index contributed by atoms with van der Waals surface area (Å²) in [5.41, 5.74) is 5.19. The molecule has 0 saturated heterocycles. The van der Waals surface area contributed by atoms with Crippen LogP contribution in [0.25, 0.3) is 32.4 Å². The van der Waals surface area contributed by atoms with Gasteiger partial charge in [0.1, 0.15) is 5.82 Å². The third-order valence-corrected chi connectivity index (χ3v) is 5.11. The average Bonchev–Trinajstić information content (AvgIpc) is 3.29. The number of nitrogens with zero attached hydrogens (tertiary/aromatic N) is 2. The number of aromatic amines is 1. The molecular weight excluding hydrogens is 419 g/mol. The molecule has 0 spiro atoms. The number of thiophene rings is 1. The van der Waals surface area contributed by atoms with E-state index in [9.17, 15) is 18.0 Å². The number of anilines is 1. The van der Waals surface area contributed by atoms with Crippen molar-refractivity contribution in [1.82, 2.24) is 15.2 Å². The Morgan fingerprint density at radius 2 is 1.93 bits per heavy atom. The normalized spacial score (nSPS) is 12.1. The highest BCUT2D eigenvalue weighted by Gasteiger charge is 2.42. The molecule has 0 saturated carbocycles. The number of pyridine rings is 1. The maximum absolute atomic E-state index is 15.3. The number of nitrogens with two attached hydrogens (primary N) is 1. The SMILES string of the molecule is Cc1c(OC(=O)C(F)(F)F)c(F)c2c(c(-c3ccc(N)s3)nc3[nH]ncc32)c1F. The van der Waals surface area contributed by atoms with Crippen LogP contribution in [0.5, 0.6) is 5.75 Å². The number of hydrogen-bond acceptors (Lipinski definition) is 6. The Balaban J connectivity index is 2.10. The van der Waals surface area contributed by atoms with Gasteiger partial charge in [-0.2, -0.15) is 18.3 Å². The van der Waals surface area contributed by atoms with Gasteiger partial charge in [0, 0.05) is 21.7 Å². The highest BCUT2D eigenvalue weighted by atomic mass is 32.1. The summed E-state index contributed by atoms with van der Waals surface area (Å²) in [4.78, 5) is 15.9. The number of alkyl halides is 3. The van der Waals surface area contributed by atoms with Crippen LogP contribution < -0.4 is 10.5 Å². The first-order valence-corrected chi connectivity index (χ1v) is 8.70. The number of fused-ring (bicyclic) bond motifs is 3. The molecule has 0 radical (unpaired) electrons. The van der Waals surface area contributed by atoms with Crippen LogP contribution in [0.15, 0.2) is 18.3 Å². The third-order valence-electron chi connectivity index (χ3n) is 4.19. The minimum atomic E-state index is -5.38. The molecule has 3 aromatic heterocycles. The van der Waals surface area contributed by atoms with Crippen molar-refractivity contribution in [3.8, 4) is 16.3 Å². The van der Waals surface area contributed by atoms with Crippen LogP contribution >= 0.6 is 11.3 Å². The lowest BCUT2D eigenvalue weighted by Gasteiger charge is -2.15. The first-order chi connectivity index (χ1) is 13.6. The van der Waals surface area contributed by atoms with Crippen molar-refractivity contribution in [3.63, 3.8) is 0 Å². The molecule has 1 aromatic carbocycles. The molecule has 0 amide bonds. The van der Waals surface area contributed by atoms with Crippen molar-refractivity contribution in [2.24, 2.45) is 0 Å². The summed E-state index contributed by atoms with van der Waals surface area (Å²) in [6.45, 7) is 1.00. The summed E-state index contributed by atoms with van der Waals surface area (Å²) >= 11 is 1.06. The Bertz CT molecular complexity index is 1290. The second-order valence-corrected chi connectivity index (χ2v) is 7.13. The standard InChI is InChI=1S/C17H9F5N4O2S/c1-5-11(18)10-9(12(19)14(5)28-16(27)17(20,21)22)6-4-24-26-15(6)25-13(10)7-2-3-8(23)29-7/h2-4H,23H2,1H3,(H,24,25,26). The zero-order chi connectivity index (χ0) is 21.1. The average molecular weight is 428 g/mol. The van der Waals surface area contributed by atoms with Crippen molar-refractivity contribution in [3.05, 3.63) is 35.5 Å². The van der Waals surface area contributed by atoms with Gasteiger partial charge in [-0.25, -0.2) is 18.6 Å². The van der Waals surface area contributed by atoms with Crippen LogP contribution in [-0.4, -0.2) is 27.3 Å². The molecule has 3 heterocycles. The molecule has 4 aromatic rings. The molecule has 0 aliphatic carbocycles. The third kappa shape index (κ3) is 2.95. The number of nitrogens with one attached hydrogen (secondary N) is 1. The minimum absolute atomic E-state index is 0.00832. The van der Waals surface area contributed by atoms with E-state index in [-0.39, 0.29) is 22.1 Å². The van der Waals surface area contributed by atoms with Crippen LogP contribution in [0.2, 0.25) is 0 Å². The quantitative estimate of drug-likeness (QED) is 0.279. The lowest BCUT2D eigenvalue weighted by atomic mass is 10.0. The minimum Gasteiger partial charge on any atom is -0.416 e. The highest BCUT2D eigenvalue weighted by Crippen LogP contribution is 2.43. The molecule has 0 aliphatic heterocycles. The number of ether oxygens (including phenoxy) is 1. The fourth-order valence-corrected chi connectivity index (χ4v) is 3.68. The van der Waals surface area contributed by atoms with Gasteiger partial charge in [-0.1, -0.05) is 0 Å². The van der Waals surface area contributed by atoms with E-state index in [1.54, 1.807) is 12.1 Å². The van der Waals surface area contributed by atoms with E-state index in [0.717, 1.165) is 24.5 Å². The topological polar surface area (TPSA) is 93.9 Å². The van der Waals surface area contributed by atoms with E-state index in [2.05, 4.69) is 19.9 Å². The summed E-state index contributed by atoms with van der Waals surface area (Å²) in [5.74, 6) is -6.23. The molecule has 0 atom stereocenters. The van der Waals surface area contributed by atoms with Crippen LogP contribution in [0, 0.1) is 18.6 Å². The van der Waals surface area contributed by atoms with E-state index in [1.165, 1.54) is 0 Å². The van der Waals surface area contributed by atoms with E-state index in [4.69, 9.17) is 5.73 Å². The van der Waals surface area contributed by atoms with Crippen molar-refractivity contribution >= 4 is 44.1 Å². The summed E-state index contributed by atoms with van der Waals surface area (Å²) in [5, 5.41) is 5.94. The predicted molar refractivity (Wildman–Crippen MR) is 95.5 cm³/mol. The van der Waals surface area contributed by atoms with Crippen LogP contribution in [0.1, 0.15) is 5.56 Å². The maximum atomic E-state index is 15.3. The molecular formula is C17H9F5N4O2S. The lowest BCUT2D eigenvalue weighted by molar-refractivity contribution is -0.189. The second kappa shape index (κ2) is 6.37. The first kappa shape index (κ1) is 19.1. The molecule has 29 heavy (non-hydrogen) atoms. The predicted octanol–water partition coefficient (Wildman–Crippen LogP) is 4.48. The van der Waals surface area contributed by atoms with Crippen molar-refractivity contribution < 1.29 is 31.5 Å². The molecule has 3 N–H and O–H groups in total. The Labute approximate surface area is 162 Å². The zero-order valence-corrected chi connectivity index (χ0v) is 15.1. The molecule has 12 heteroatoms. The molecule has 6 nitrogen and oxygen atoms in total. The Hall–Kier alpha value is -3.28. The second-order valence-electron chi connectivity index (χ2n) is 6.01. The highest BCUT2D eigenvalue weighted by molar-refractivity contribution is 7.19. The van der Waals surface area contributed by atoms with Gasteiger partial charge in [0.2, 0.25) is 0 Å². The molecule has 0 aliphatic rings. The van der Waals surface area contributed by atoms with Crippen molar-refractivity contribution in [2.45, 2.75) is 13.1 Å². The van der Waals surface area contributed by atoms with Crippen LogP contribution in [-0.2, 0) is 4.79 Å². The Morgan fingerprint density at radius 1 is 1.21 bits per heavy atom. The largest absolute Gasteiger partial charge is 0.491 e. The first-order valence-electron chi connectivity index (χ1n) is 7.88. The van der Waals surface area contributed by atoms with Crippen LogP contribution in [0.3, 0.4) is 0 Å². The summed E-state index contributed by atoms with van der Waals surface area (Å²) in [6, 6.07) is 3.10. The number of nitrogen functional groups attached to an aromatic ring is 1. The zero-order valence-electron chi connectivity index (χ0n) is 14.3. The fraction of sp³-hybridized carbons (Fsp3) is 0.118. The molecule has 150 valence electrons. The monoisotopic (exact) mass is 428 g/mol. The smallest absolute Gasteiger partial charge is 0.416 e. The maximum Gasteiger partial charge on any atom is 0.491 e. The number of esters is 1. The number of hydrogen-bond donors (Lipinski definition) is 2. The Kier molecular flexibility index (Phi) is 4.19. The molecule has 0 bridgehead atoms. The molecule has 0 fully saturated rings. The van der Waals surface area contributed by atoms with Gasteiger partial charge in [-0.05, 0) is 19.1 Å². The van der Waals surface area contributed by atoms with Gasteiger partial charge in [-0.15, -0.1) is 11.3 Å². The van der Waals surface area contributed by atoms with Gasteiger partial charge >= 0.3 is 12.1 Å². The van der Waals surface area contributed by atoms with Gasteiger partial charge in [0.25, 0.3) is 0 Å². The number of H-pyrrole nitrogens is 1. The van der Waals surface area contributed by atoms with E-state index in [0.29, 0.717) is 9.88 Å². The number of carbonyl (C=O) groups excluding carboxylic acids is 1. The van der Waals surface area contributed by atoms with Crippen molar-refractivity contribution in [2.75, 3.05) is 5.73 Å². The number of aromatic nitrogens is 3. The van der Waals surface area contributed by atoms with Crippen LogP contribution in [0.4, 0.5) is 27.0 Å². The molecule has 4 rings (SSSR count). The molecule has 0 unspecified atom stereocenters. The summed E-state index contributed by atoms with van der Waals surface area (Å²) < 4.78 is 72.4. The fourth-order valence-electron chi connectivity index (χ4n) is 2.91. The van der Waals surface area contributed by atoms with E-state index in [1.807, 2.05) is 0 Å². The summed E-state index contributed by atoms with van der Waals surface area (Å²) in [6.07, 6.45) is -4.24. The van der Waals surface area contributed by atoms with Gasteiger partial charge in [0.05, 0.1) is 21.8 Å². The van der Waals surface area contributed by atoms with Gasteiger partial charge < -0.3 is 10.5 Å². The number of halogens is 5. The number of benzene rings is 1. The Morgan fingerprint density at radius 3 is 2.55 bits per heavy atom. The van der Waals surface area contributed by atoms with Crippen molar-refractivity contribution in [1.29, 1.82) is 0 Å². The lowest BCUT2D eigenvalue weighted by Crippen LogP contribution is -2.28.